The van der Waals surface area contributed by atoms with Gasteiger partial charge >= 0.3 is 0 Å². The molecule has 0 spiro atoms. The number of aliphatic hydroxyl groups is 1. The summed E-state index contributed by atoms with van der Waals surface area (Å²) in [7, 11) is 4.82. The van der Waals surface area contributed by atoms with Gasteiger partial charge in [-0.3, -0.25) is 0 Å². The molecular formula is C22H31N3O4. The van der Waals surface area contributed by atoms with Crippen LogP contribution >= 0.6 is 0 Å². The summed E-state index contributed by atoms with van der Waals surface area (Å²) < 4.78 is 16.0. The second kappa shape index (κ2) is 11.2. The van der Waals surface area contributed by atoms with Gasteiger partial charge in [0, 0.05) is 24.7 Å². The van der Waals surface area contributed by atoms with Crippen molar-refractivity contribution < 1.29 is 19.3 Å². The molecule has 0 saturated heterocycles. The lowest BCUT2D eigenvalue weighted by Gasteiger charge is -2.17. The van der Waals surface area contributed by atoms with E-state index in [9.17, 15) is 5.11 Å². The molecule has 0 radical (unpaired) electrons. The lowest BCUT2D eigenvalue weighted by atomic mass is 10.1. The molecule has 0 aromatic heterocycles. The summed E-state index contributed by atoms with van der Waals surface area (Å²) >= 11 is 0. The fraction of sp³-hybridized carbons (Fsp3) is 0.409. The quantitative estimate of drug-likeness (QED) is 0.443. The number of nitrogens with zero attached hydrogens (tertiary/aromatic N) is 1. The van der Waals surface area contributed by atoms with Gasteiger partial charge in [-0.2, -0.15) is 0 Å². The van der Waals surface area contributed by atoms with Crippen LogP contribution in [0.2, 0.25) is 0 Å². The number of hydrogen-bond donors (Lipinski definition) is 3. The molecule has 7 heteroatoms. The average molecular weight is 402 g/mol. The topological polar surface area (TPSA) is 84.3 Å². The number of guanidine groups is 1. The fourth-order valence-corrected chi connectivity index (χ4v) is 2.82. The van der Waals surface area contributed by atoms with E-state index < -0.39 is 6.10 Å². The van der Waals surface area contributed by atoms with Crippen LogP contribution in [0.15, 0.2) is 41.4 Å². The van der Waals surface area contributed by atoms with E-state index in [4.69, 9.17) is 14.2 Å². The number of aryl methyl sites for hydroxylation is 1. The van der Waals surface area contributed by atoms with Crippen LogP contribution in [-0.2, 0) is 6.54 Å². The largest absolute Gasteiger partial charge is 0.497 e. The highest BCUT2D eigenvalue weighted by Crippen LogP contribution is 2.26. The molecule has 0 aliphatic heterocycles. The van der Waals surface area contributed by atoms with E-state index in [1.165, 1.54) is 0 Å². The van der Waals surface area contributed by atoms with Crippen molar-refractivity contribution in [3.05, 3.63) is 53.1 Å². The van der Waals surface area contributed by atoms with E-state index in [0.29, 0.717) is 36.1 Å². The van der Waals surface area contributed by atoms with Gasteiger partial charge in [-0.15, -0.1) is 0 Å². The molecule has 0 bridgehead atoms. The number of aliphatic hydroxyl groups excluding tert-OH is 1. The van der Waals surface area contributed by atoms with E-state index in [1.807, 2.05) is 32.0 Å². The zero-order chi connectivity index (χ0) is 21.2. The molecule has 7 nitrogen and oxygen atoms in total. The van der Waals surface area contributed by atoms with Gasteiger partial charge in [0.15, 0.2) is 5.96 Å². The van der Waals surface area contributed by atoms with Gasteiger partial charge in [0.1, 0.15) is 17.2 Å². The van der Waals surface area contributed by atoms with Crippen LogP contribution < -0.4 is 24.8 Å². The first-order valence-electron chi connectivity index (χ1n) is 9.57. The molecule has 29 heavy (non-hydrogen) atoms. The number of aliphatic imine (C=N–C) groups is 1. The van der Waals surface area contributed by atoms with Crippen molar-refractivity contribution in [1.29, 1.82) is 0 Å². The monoisotopic (exact) mass is 401 g/mol. The first kappa shape index (κ1) is 22.4. The van der Waals surface area contributed by atoms with Crippen molar-refractivity contribution >= 4 is 5.96 Å². The Kier molecular flexibility index (Phi) is 8.61. The standard InChI is InChI=1S/C22H31N3O4/c1-6-23-22(24-13-16-8-7-15(2)9-21(16)29-5)25-14-20(26)17-10-18(27-3)12-19(11-17)28-4/h7-12,20,26H,6,13-14H2,1-5H3,(H2,23,24,25). The number of benzene rings is 2. The first-order chi connectivity index (χ1) is 14.0. The molecule has 158 valence electrons. The third-order valence-corrected chi connectivity index (χ3v) is 4.42. The predicted molar refractivity (Wildman–Crippen MR) is 115 cm³/mol. The molecule has 2 aromatic carbocycles. The van der Waals surface area contributed by atoms with Gasteiger partial charge in [0.2, 0.25) is 0 Å². The van der Waals surface area contributed by atoms with Gasteiger partial charge in [-0.1, -0.05) is 12.1 Å². The summed E-state index contributed by atoms with van der Waals surface area (Å²) in [6.45, 7) is 5.47. The molecule has 1 atom stereocenters. The van der Waals surface area contributed by atoms with Crippen LogP contribution in [0.5, 0.6) is 17.2 Å². The lowest BCUT2D eigenvalue weighted by molar-refractivity contribution is 0.180. The molecule has 0 fully saturated rings. The number of nitrogens with one attached hydrogen (secondary N) is 2. The van der Waals surface area contributed by atoms with Gasteiger partial charge in [-0.25, -0.2) is 4.99 Å². The zero-order valence-electron chi connectivity index (χ0n) is 17.8. The summed E-state index contributed by atoms with van der Waals surface area (Å²) in [5, 5.41) is 17.0. The van der Waals surface area contributed by atoms with E-state index in [2.05, 4.69) is 15.6 Å². The minimum Gasteiger partial charge on any atom is -0.497 e. The van der Waals surface area contributed by atoms with Crippen LogP contribution in [0, 0.1) is 6.92 Å². The summed E-state index contributed by atoms with van der Waals surface area (Å²) in [4.78, 5) is 4.61. The van der Waals surface area contributed by atoms with E-state index in [0.717, 1.165) is 16.9 Å². The van der Waals surface area contributed by atoms with Gasteiger partial charge < -0.3 is 30.0 Å². The van der Waals surface area contributed by atoms with Crippen LogP contribution in [0.3, 0.4) is 0 Å². The Balaban J connectivity index is 2.08. The highest BCUT2D eigenvalue weighted by Gasteiger charge is 2.12. The molecule has 0 heterocycles. The molecular weight excluding hydrogens is 370 g/mol. The van der Waals surface area contributed by atoms with Crippen LogP contribution in [0.25, 0.3) is 0 Å². The number of methoxy groups -OCH3 is 3. The first-order valence-corrected chi connectivity index (χ1v) is 9.57. The Morgan fingerprint density at radius 1 is 1.00 bits per heavy atom. The smallest absolute Gasteiger partial charge is 0.191 e. The van der Waals surface area contributed by atoms with Crippen molar-refractivity contribution in [2.45, 2.75) is 26.5 Å². The summed E-state index contributed by atoms with van der Waals surface area (Å²) in [6, 6.07) is 11.4. The number of ether oxygens (including phenoxy) is 3. The van der Waals surface area contributed by atoms with E-state index in [-0.39, 0.29) is 6.54 Å². The average Bonchev–Trinajstić information content (AvgIpc) is 2.75. The van der Waals surface area contributed by atoms with Gasteiger partial charge in [0.05, 0.1) is 34.0 Å². The van der Waals surface area contributed by atoms with E-state index >= 15 is 0 Å². The normalized spacial score (nSPS) is 12.3. The lowest BCUT2D eigenvalue weighted by Crippen LogP contribution is -2.39. The third-order valence-electron chi connectivity index (χ3n) is 4.42. The highest BCUT2D eigenvalue weighted by atomic mass is 16.5. The molecule has 0 aliphatic rings. The third kappa shape index (κ3) is 6.57. The van der Waals surface area contributed by atoms with Crippen molar-refractivity contribution in [2.24, 2.45) is 4.99 Å². The van der Waals surface area contributed by atoms with Gasteiger partial charge in [-0.05, 0) is 43.2 Å². The maximum Gasteiger partial charge on any atom is 0.191 e. The Hall–Kier alpha value is -2.93. The maximum atomic E-state index is 10.6. The number of rotatable bonds is 9. The summed E-state index contributed by atoms with van der Waals surface area (Å²) in [6.07, 6.45) is -0.753. The Bertz CT molecular complexity index is 801. The zero-order valence-corrected chi connectivity index (χ0v) is 17.8. The van der Waals surface area contributed by atoms with Gasteiger partial charge in [0.25, 0.3) is 0 Å². The molecule has 0 aliphatic carbocycles. The van der Waals surface area contributed by atoms with Crippen molar-refractivity contribution in [1.82, 2.24) is 10.6 Å². The van der Waals surface area contributed by atoms with Crippen molar-refractivity contribution in [2.75, 3.05) is 34.4 Å². The molecule has 2 rings (SSSR count). The highest BCUT2D eigenvalue weighted by molar-refractivity contribution is 5.79. The second-order valence-corrected chi connectivity index (χ2v) is 6.55. The molecule has 0 saturated carbocycles. The minimum atomic E-state index is -0.753. The Morgan fingerprint density at radius 2 is 1.69 bits per heavy atom. The molecule has 3 N–H and O–H groups in total. The summed E-state index contributed by atoms with van der Waals surface area (Å²) in [5.74, 6) is 2.69. The molecule has 1 unspecified atom stereocenters. The van der Waals surface area contributed by atoms with Crippen molar-refractivity contribution in [3.8, 4) is 17.2 Å². The molecule has 0 amide bonds. The van der Waals surface area contributed by atoms with Crippen LogP contribution in [-0.4, -0.2) is 45.5 Å². The Labute approximate surface area is 172 Å². The second-order valence-electron chi connectivity index (χ2n) is 6.55. The van der Waals surface area contributed by atoms with Crippen molar-refractivity contribution in [3.63, 3.8) is 0 Å². The summed E-state index contributed by atoms with van der Waals surface area (Å²) in [5.41, 5.74) is 2.83. The van der Waals surface area contributed by atoms with E-state index in [1.54, 1.807) is 39.5 Å². The van der Waals surface area contributed by atoms with Crippen LogP contribution in [0.4, 0.5) is 0 Å². The number of hydrogen-bond acceptors (Lipinski definition) is 5. The Morgan fingerprint density at radius 3 is 2.28 bits per heavy atom. The maximum absolute atomic E-state index is 10.6. The van der Waals surface area contributed by atoms with Crippen LogP contribution in [0.1, 0.15) is 29.7 Å². The molecule has 2 aromatic rings. The minimum absolute atomic E-state index is 0.285. The fourth-order valence-electron chi connectivity index (χ4n) is 2.82. The SMILES string of the molecule is CCNC(=NCc1ccc(C)cc1OC)NCC(O)c1cc(OC)cc(OC)c1. The predicted octanol–water partition coefficient (Wildman–Crippen LogP) is 2.81.